The van der Waals surface area contributed by atoms with E-state index in [9.17, 15) is 9.50 Å². The average Bonchev–Trinajstić information content (AvgIpc) is 2.72. The molecule has 5 nitrogen and oxygen atoms in total. The number of benzene rings is 2. The van der Waals surface area contributed by atoms with Crippen LogP contribution in [-0.2, 0) is 13.1 Å². The summed E-state index contributed by atoms with van der Waals surface area (Å²) < 4.78 is 24.2. The number of hydrogen-bond donors (Lipinski definition) is 1. The van der Waals surface area contributed by atoms with Gasteiger partial charge in [-0.15, -0.1) is 0 Å². The van der Waals surface area contributed by atoms with E-state index in [0.29, 0.717) is 6.42 Å². The minimum atomic E-state index is -0.216. The fraction of sp³-hybridized carbons (Fsp3) is 0.455. The molecule has 0 radical (unpaired) electrons. The first-order chi connectivity index (χ1) is 13.6. The number of ether oxygens (including phenoxy) is 2. The molecule has 2 aromatic carbocycles. The van der Waals surface area contributed by atoms with Gasteiger partial charge in [0.1, 0.15) is 17.3 Å². The van der Waals surface area contributed by atoms with Gasteiger partial charge in [-0.25, -0.2) is 4.39 Å². The van der Waals surface area contributed by atoms with Crippen LogP contribution in [0.25, 0.3) is 0 Å². The number of halogens is 1. The van der Waals surface area contributed by atoms with Crippen LogP contribution in [0.15, 0.2) is 42.5 Å². The summed E-state index contributed by atoms with van der Waals surface area (Å²) in [5.41, 5.74) is 2.13. The second kappa shape index (κ2) is 9.87. The summed E-state index contributed by atoms with van der Waals surface area (Å²) >= 11 is 0. The third kappa shape index (κ3) is 5.01. The highest BCUT2D eigenvalue weighted by Crippen LogP contribution is 2.30. The first kappa shape index (κ1) is 20.6. The quantitative estimate of drug-likeness (QED) is 0.753. The fourth-order valence-corrected chi connectivity index (χ4v) is 3.86. The molecule has 3 rings (SSSR count). The van der Waals surface area contributed by atoms with Gasteiger partial charge in [0.15, 0.2) is 0 Å². The molecule has 1 heterocycles. The van der Waals surface area contributed by atoms with E-state index in [1.54, 1.807) is 14.2 Å². The molecule has 1 atom stereocenters. The van der Waals surface area contributed by atoms with Crippen molar-refractivity contribution in [1.82, 2.24) is 9.80 Å². The van der Waals surface area contributed by atoms with Crippen molar-refractivity contribution in [3.63, 3.8) is 0 Å². The molecule has 1 N–H and O–H groups in total. The van der Waals surface area contributed by atoms with E-state index in [1.807, 2.05) is 30.3 Å². The van der Waals surface area contributed by atoms with Crippen LogP contribution >= 0.6 is 0 Å². The lowest BCUT2D eigenvalue weighted by Gasteiger charge is -2.41. The van der Waals surface area contributed by atoms with Gasteiger partial charge in [-0.05, 0) is 36.2 Å². The summed E-state index contributed by atoms with van der Waals surface area (Å²) in [6.07, 6.45) is 0.709. The normalized spacial score (nSPS) is 18.2. The smallest absolute Gasteiger partial charge is 0.127 e. The Bertz CT molecular complexity index is 732. The molecular weight excluding hydrogens is 359 g/mol. The zero-order valence-corrected chi connectivity index (χ0v) is 16.6. The maximum absolute atomic E-state index is 13.2. The van der Waals surface area contributed by atoms with E-state index in [0.717, 1.165) is 55.3 Å². The Kier molecular flexibility index (Phi) is 7.25. The van der Waals surface area contributed by atoms with Gasteiger partial charge in [-0.2, -0.15) is 0 Å². The Morgan fingerprint density at radius 1 is 1.00 bits per heavy atom. The molecule has 28 heavy (non-hydrogen) atoms. The first-order valence-electron chi connectivity index (χ1n) is 9.66. The van der Waals surface area contributed by atoms with E-state index >= 15 is 0 Å². The minimum Gasteiger partial charge on any atom is -0.496 e. The average molecular weight is 388 g/mol. The van der Waals surface area contributed by atoms with E-state index in [4.69, 9.17) is 9.47 Å². The molecule has 0 unspecified atom stereocenters. The van der Waals surface area contributed by atoms with Crippen LogP contribution in [0.2, 0.25) is 0 Å². The molecule has 1 saturated heterocycles. The summed E-state index contributed by atoms with van der Waals surface area (Å²) in [5.74, 6) is 1.44. The molecule has 0 aliphatic carbocycles. The molecule has 1 fully saturated rings. The lowest BCUT2D eigenvalue weighted by molar-refractivity contribution is 0.0492. The molecule has 6 heteroatoms. The molecule has 0 saturated carbocycles. The number of rotatable bonds is 8. The van der Waals surface area contributed by atoms with E-state index in [1.165, 1.54) is 12.1 Å². The van der Waals surface area contributed by atoms with Crippen LogP contribution < -0.4 is 9.47 Å². The predicted octanol–water partition coefficient (Wildman–Crippen LogP) is 2.91. The van der Waals surface area contributed by atoms with Crippen LogP contribution in [0.3, 0.4) is 0 Å². The number of piperazine rings is 1. The lowest BCUT2D eigenvalue weighted by Crippen LogP contribution is -2.52. The van der Waals surface area contributed by atoms with Gasteiger partial charge < -0.3 is 14.6 Å². The Hall–Kier alpha value is -2.15. The topological polar surface area (TPSA) is 45.2 Å². The Balaban J connectivity index is 1.69. The maximum atomic E-state index is 13.2. The number of aliphatic hydroxyl groups is 1. The van der Waals surface area contributed by atoms with Crippen molar-refractivity contribution < 1.29 is 19.0 Å². The van der Waals surface area contributed by atoms with E-state index < -0.39 is 0 Å². The van der Waals surface area contributed by atoms with Crippen molar-refractivity contribution in [2.75, 3.05) is 40.5 Å². The number of hydrogen-bond acceptors (Lipinski definition) is 5. The molecule has 0 spiro atoms. The molecule has 0 aromatic heterocycles. The lowest BCUT2D eigenvalue weighted by atomic mass is 10.1. The van der Waals surface area contributed by atoms with Gasteiger partial charge in [0.2, 0.25) is 0 Å². The zero-order chi connectivity index (χ0) is 19.9. The van der Waals surface area contributed by atoms with Crippen LogP contribution in [0.1, 0.15) is 17.5 Å². The first-order valence-corrected chi connectivity index (χ1v) is 9.66. The highest BCUT2D eigenvalue weighted by Gasteiger charge is 2.27. The van der Waals surface area contributed by atoms with Crippen LogP contribution in [0.4, 0.5) is 4.39 Å². The minimum absolute atomic E-state index is 0.149. The van der Waals surface area contributed by atoms with Gasteiger partial charge in [0, 0.05) is 45.4 Å². The van der Waals surface area contributed by atoms with Crippen LogP contribution in [-0.4, -0.2) is 61.4 Å². The predicted molar refractivity (Wildman–Crippen MR) is 107 cm³/mol. The van der Waals surface area contributed by atoms with E-state index in [-0.39, 0.29) is 18.5 Å². The van der Waals surface area contributed by atoms with Crippen LogP contribution in [0.5, 0.6) is 11.5 Å². The van der Waals surface area contributed by atoms with E-state index in [2.05, 4.69) is 9.80 Å². The van der Waals surface area contributed by atoms with Crippen molar-refractivity contribution >= 4 is 0 Å². The fourth-order valence-electron chi connectivity index (χ4n) is 3.86. The molecule has 1 aliphatic heterocycles. The van der Waals surface area contributed by atoms with Gasteiger partial charge in [-0.3, -0.25) is 9.80 Å². The molecule has 2 aromatic rings. The monoisotopic (exact) mass is 388 g/mol. The summed E-state index contributed by atoms with van der Waals surface area (Å²) in [6, 6.07) is 12.7. The third-order valence-electron chi connectivity index (χ3n) is 5.36. The molecule has 0 amide bonds. The summed E-state index contributed by atoms with van der Waals surface area (Å²) in [6.45, 7) is 4.29. The highest BCUT2D eigenvalue weighted by molar-refractivity contribution is 5.44. The Morgan fingerprint density at radius 3 is 2.29 bits per heavy atom. The van der Waals surface area contributed by atoms with Crippen molar-refractivity contribution in [3.8, 4) is 11.5 Å². The standard InChI is InChI=1S/C22H29FN2O3/c1-27-21-4-3-5-22(28-2)20(21)16-24-11-12-25(19(15-24)10-13-26)14-17-6-8-18(23)9-7-17/h3-9,19,26H,10-16H2,1-2H3/t19-/m1/s1. The third-order valence-corrected chi connectivity index (χ3v) is 5.36. The number of aliphatic hydroxyl groups excluding tert-OH is 1. The number of methoxy groups -OCH3 is 2. The highest BCUT2D eigenvalue weighted by atomic mass is 19.1. The van der Waals surface area contributed by atoms with Crippen LogP contribution in [0, 0.1) is 5.82 Å². The summed E-state index contributed by atoms with van der Waals surface area (Å²) in [4.78, 5) is 4.75. The van der Waals surface area contributed by atoms with Crippen molar-refractivity contribution in [2.45, 2.75) is 25.6 Å². The largest absolute Gasteiger partial charge is 0.496 e. The molecule has 152 valence electrons. The van der Waals surface area contributed by atoms with Gasteiger partial charge in [-0.1, -0.05) is 18.2 Å². The van der Waals surface area contributed by atoms with Crippen molar-refractivity contribution in [1.29, 1.82) is 0 Å². The molecule has 0 bridgehead atoms. The zero-order valence-electron chi connectivity index (χ0n) is 16.6. The van der Waals surface area contributed by atoms with Crippen molar-refractivity contribution in [2.24, 2.45) is 0 Å². The molecule has 1 aliphatic rings. The van der Waals surface area contributed by atoms with Gasteiger partial charge >= 0.3 is 0 Å². The Morgan fingerprint density at radius 2 is 1.68 bits per heavy atom. The second-order valence-electron chi connectivity index (χ2n) is 7.14. The second-order valence-corrected chi connectivity index (χ2v) is 7.14. The van der Waals surface area contributed by atoms with Crippen molar-refractivity contribution in [3.05, 3.63) is 59.4 Å². The van der Waals surface area contributed by atoms with Gasteiger partial charge in [0.05, 0.1) is 19.8 Å². The molecular formula is C22H29FN2O3. The SMILES string of the molecule is COc1cccc(OC)c1CN1CCN(Cc2ccc(F)cc2)[C@H](CCO)C1. The summed E-state index contributed by atoms with van der Waals surface area (Å²) in [7, 11) is 3.35. The number of nitrogens with zero attached hydrogens (tertiary/aromatic N) is 2. The van der Waals surface area contributed by atoms with Gasteiger partial charge in [0.25, 0.3) is 0 Å². The Labute approximate surface area is 166 Å². The maximum Gasteiger partial charge on any atom is 0.127 e. The summed E-state index contributed by atoms with van der Waals surface area (Å²) in [5, 5.41) is 9.54.